The van der Waals surface area contributed by atoms with E-state index in [1.54, 1.807) is 0 Å². The first-order valence-corrected chi connectivity index (χ1v) is 7.31. The topological polar surface area (TPSA) is 26.3 Å². The second-order valence-corrected chi connectivity index (χ2v) is 5.43. The van der Waals surface area contributed by atoms with E-state index in [0.717, 1.165) is 25.7 Å². The molecule has 0 saturated heterocycles. The van der Waals surface area contributed by atoms with Crippen molar-refractivity contribution in [2.45, 2.75) is 66.7 Å². The molecule has 0 aliphatic carbocycles. The molecule has 0 aromatic heterocycles. The van der Waals surface area contributed by atoms with E-state index in [1.165, 1.54) is 12.0 Å². The molecule has 2 nitrogen and oxygen atoms in total. The van der Waals surface area contributed by atoms with E-state index in [4.69, 9.17) is 4.74 Å². The Bertz CT molecular complexity index is 248. The lowest BCUT2D eigenvalue weighted by Crippen LogP contribution is -2.17. The van der Waals surface area contributed by atoms with Gasteiger partial charge in [0.25, 0.3) is 0 Å². The molecule has 0 amide bonds. The van der Waals surface area contributed by atoms with Crippen LogP contribution >= 0.6 is 0 Å². The van der Waals surface area contributed by atoms with Crippen LogP contribution in [-0.4, -0.2) is 12.6 Å². The average Bonchev–Trinajstić information content (AvgIpc) is 2.30. The molecule has 0 spiro atoms. The summed E-state index contributed by atoms with van der Waals surface area (Å²) in [5, 5.41) is 0. The summed E-state index contributed by atoms with van der Waals surface area (Å²) < 4.78 is 5.33. The van der Waals surface area contributed by atoms with Gasteiger partial charge in [0.2, 0.25) is 0 Å². The second-order valence-electron chi connectivity index (χ2n) is 5.43. The van der Waals surface area contributed by atoms with Gasteiger partial charge < -0.3 is 4.74 Å². The molecule has 0 rings (SSSR count). The Morgan fingerprint density at radius 1 is 1.17 bits per heavy atom. The van der Waals surface area contributed by atoms with Gasteiger partial charge in [0.05, 0.1) is 12.5 Å². The highest BCUT2D eigenvalue weighted by Crippen LogP contribution is 2.14. The van der Waals surface area contributed by atoms with Gasteiger partial charge in [-0.25, -0.2) is 0 Å². The average molecular weight is 254 g/mol. The lowest BCUT2D eigenvalue weighted by atomic mass is 10.0. The summed E-state index contributed by atoms with van der Waals surface area (Å²) in [6.07, 6.45) is 7.31. The molecule has 0 saturated carbocycles. The summed E-state index contributed by atoms with van der Waals surface area (Å²) in [4.78, 5) is 11.7. The number of rotatable bonds is 9. The molecule has 18 heavy (non-hydrogen) atoms. The van der Waals surface area contributed by atoms with Crippen molar-refractivity contribution in [3.05, 3.63) is 11.6 Å². The minimum absolute atomic E-state index is 0.0171. The summed E-state index contributed by atoms with van der Waals surface area (Å²) in [6.45, 7) is 11.1. The van der Waals surface area contributed by atoms with Crippen molar-refractivity contribution in [2.24, 2.45) is 11.8 Å². The molecule has 1 atom stereocenters. The van der Waals surface area contributed by atoms with Crippen LogP contribution in [0.3, 0.4) is 0 Å². The van der Waals surface area contributed by atoms with Gasteiger partial charge in [-0.2, -0.15) is 0 Å². The van der Waals surface area contributed by atoms with E-state index in [0.29, 0.717) is 12.5 Å². The fraction of sp³-hybridized carbons (Fsp3) is 0.812. The van der Waals surface area contributed by atoms with E-state index < -0.39 is 0 Å². The van der Waals surface area contributed by atoms with E-state index in [1.807, 2.05) is 13.8 Å². The molecule has 0 heterocycles. The molecule has 1 unspecified atom stereocenters. The molecule has 0 aliphatic heterocycles. The predicted molar refractivity (Wildman–Crippen MR) is 77.5 cm³/mol. The predicted octanol–water partition coefficient (Wildman–Crippen LogP) is 4.74. The number of ether oxygens (including phenoxy) is 1. The number of carbonyl (C=O) groups excluding carboxylic acids is 1. The van der Waals surface area contributed by atoms with Gasteiger partial charge >= 0.3 is 5.97 Å². The van der Waals surface area contributed by atoms with Gasteiger partial charge in [-0.15, -0.1) is 0 Å². The van der Waals surface area contributed by atoms with Crippen molar-refractivity contribution in [1.29, 1.82) is 0 Å². The van der Waals surface area contributed by atoms with Gasteiger partial charge in [-0.05, 0) is 51.9 Å². The molecule has 0 aromatic rings. The summed E-state index contributed by atoms with van der Waals surface area (Å²) >= 11 is 0. The third-order valence-corrected chi connectivity index (χ3v) is 3.39. The molecule has 0 radical (unpaired) electrons. The van der Waals surface area contributed by atoms with E-state index >= 15 is 0 Å². The highest BCUT2D eigenvalue weighted by atomic mass is 16.5. The molecule has 0 aromatic carbocycles. The lowest BCUT2D eigenvalue weighted by Gasteiger charge is -2.14. The SMILES string of the molecule is CCC(CC)C(=O)OCCC(C)CCC=C(C)C. The molecule has 106 valence electrons. The van der Waals surface area contributed by atoms with Crippen LogP contribution in [-0.2, 0) is 9.53 Å². The first-order chi connectivity index (χ1) is 8.51. The summed E-state index contributed by atoms with van der Waals surface area (Å²) in [7, 11) is 0. The Hall–Kier alpha value is -0.790. The van der Waals surface area contributed by atoms with E-state index in [9.17, 15) is 4.79 Å². The van der Waals surface area contributed by atoms with E-state index in [-0.39, 0.29) is 11.9 Å². The van der Waals surface area contributed by atoms with Crippen LogP contribution in [0.15, 0.2) is 11.6 Å². The maximum atomic E-state index is 11.7. The summed E-state index contributed by atoms with van der Waals surface area (Å²) in [6, 6.07) is 0. The van der Waals surface area contributed by atoms with Crippen LogP contribution in [0.4, 0.5) is 0 Å². The molecular weight excluding hydrogens is 224 g/mol. The van der Waals surface area contributed by atoms with Crippen molar-refractivity contribution < 1.29 is 9.53 Å². The molecular formula is C16H30O2. The van der Waals surface area contributed by atoms with Crippen LogP contribution in [0.1, 0.15) is 66.7 Å². The minimum atomic E-state index is -0.0171. The third kappa shape index (κ3) is 8.32. The van der Waals surface area contributed by atoms with Crippen LogP contribution < -0.4 is 0 Å². The Morgan fingerprint density at radius 3 is 2.28 bits per heavy atom. The van der Waals surface area contributed by atoms with E-state index in [2.05, 4.69) is 26.8 Å². The zero-order valence-corrected chi connectivity index (χ0v) is 12.8. The molecule has 2 heteroatoms. The fourth-order valence-electron chi connectivity index (χ4n) is 1.90. The van der Waals surface area contributed by atoms with Crippen molar-refractivity contribution in [3.63, 3.8) is 0 Å². The summed E-state index contributed by atoms with van der Waals surface area (Å²) in [5.41, 5.74) is 1.38. The number of allylic oxidation sites excluding steroid dienone is 2. The van der Waals surface area contributed by atoms with Crippen LogP contribution in [0.2, 0.25) is 0 Å². The highest BCUT2D eigenvalue weighted by Gasteiger charge is 2.15. The zero-order chi connectivity index (χ0) is 14.0. The van der Waals surface area contributed by atoms with Gasteiger partial charge in [-0.1, -0.05) is 32.4 Å². The van der Waals surface area contributed by atoms with Gasteiger partial charge in [0.15, 0.2) is 0 Å². The standard InChI is InChI=1S/C16H30O2/c1-6-15(7-2)16(17)18-12-11-14(5)10-8-9-13(3)4/h9,14-15H,6-8,10-12H2,1-5H3. The number of hydrogen-bond acceptors (Lipinski definition) is 2. The Labute approximate surface area is 113 Å². The first kappa shape index (κ1) is 17.2. The normalized spacial score (nSPS) is 12.3. The lowest BCUT2D eigenvalue weighted by molar-refractivity contribution is -0.149. The Kier molecular flexibility index (Phi) is 9.72. The third-order valence-electron chi connectivity index (χ3n) is 3.39. The molecule has 0 aliphatic rings. The van der Waals surface area contributed by atoms with Crippen molar-refractivity contribution in [3.8, 4) is 0 Å². The minimum Gasteiger partial charge on any atom is -0.465 e. The Morgan fingerprint density at radius 2 is 1.78 bits per heavy atom. The van der Waals surface area contributed by atoms with Crippen molar-refractivity contribution in [1.82, 2.24) is 0 Å². The van der Waals surface area contributed by atoms with Crippen molar-refractivity contribution in [2.75, 3.05) is 6.61 Å². The summed E-state index contributed by atoms with van der Waals surface area (Å²) in [5.74, 6) is 0.692. The van der Waals surface area contributed by atoms with Gasteiger partial charge in [0, 0.05) is 0 Å². The monoisotopic (exact) mass is 254 g/mol. The maximum Gasteiger partial charge on any atom is 0.308 e. The fourth-order valence-corrected chi connectivity index (χ4v) is 1.90. The van der Waals surface area contributed by atoms with Crippen molar-refractivity contribution >= 4 is 5.97 Å². The van der Waals surface area contributed by atoms with Crippen LogP contribution in [0, 0.1) is 11.8 Å². The molecule has 0 bridgehead atoms. The van der Waals surface area contributed by atoms with Gasteiger partial charge in [-0.3, -0.25) is 4.79 Å². The number of carbonyl (C=O) groups is 1. The molecule has 0 fully saturated rings. The smallest absolute Gasteiger partial charge is 0.308 e. The van der Waals surface area contributed by atoms with Gasteiger partial charge in [0.1, 0.15) is 0 Å². The number of esters is 1. The molecule has 0 N–H and O–H groups in total. The first-order valence-electron chi connectivity index (χ1n) is 7.31. The second kappa shape index (κ2) is 10.2. The largest absolute Gasteiger partial charge is 0.465 e. The Balaban J connectivity index is 3.70. The highest BCUT2D eigenvalue weighted by molar-refractivity contribution is 5.72. The van der Waals surface area contributed by atoms with Crippen LogP contribution in [0.25, 0.3) is 0 Å². The quantitative estimate of drug-likeness (QED) is 0.439. The maximum absolute atomic E-state index is 11.7. The number of hydrogen-bond donors (Lipinski definition) is 0. The van der Waals surface area contributed by atoms with Crippen LogP contribution in [0.5, 0.6) is 0 Å². The zero-order valence-electron chi connectivity index (χ0n) is 12.8.